The molecule has 1 unspecified atom stereocenters. The molecule has 3 heterocycles. The van der Waals surface area contributed by atoms with Crippen molar-refractivity contribution in [2.24, 2.45) is 0 Å². The Kier molecular flexibility index (Phi) is 22.7. The number of ether oxygens (including phenoxy) is 4. The van der Waals surface area contributed by atoms with Crippen molar-refractivity contribution in [2.45, 2.75) is 168 Å². The van der Waals surface area contributed by atoms with Gasteiger partial charge in [-0.25, -0.2) is 0 Å². The highest BCUT2D eigenvalue weighted by atomic mass is 32.1. The number of aliphatic hydroxyl groups is 2. The van der Waals surface area contributed by atoms with Crippen LogP contribution in [0.4, 0.5) is 0 Å². The van der Waals surface area contributed by atoms with Gasteiger partial charge in [-0.15, -0.1) is 30.6 Å². The Hall–Kier alpha value is -4.87. The molecule has 0 saturated heterocycles. The minimum atomic E-state index is -1.79. The normalized spacial score (nSPS) is 12.0. The number of nitrogens with zero attached hydrogens (tertiary/aromatic N) is 6. The molecule has 372 valence electrons. The van der Waals surface area contributed by atoms with E-state index >= 15 is 0 Å². The van der Waals surface area contributed by atoms with E-state index in [9.17, 15) is 15.0 Å². The van der Waals surface area contributed by atoms with E-state index < -0.39 is 24.7 Å². The van der Waals surface area contributed by atoms with Crippen LogP contribution < -0.4 is 14.2 Å². The summed E-state index contributed by atoms with van der Waals surface area (Å²) in [5.41, 5.74) is 2.74. The molecule has 0 aliphatic rings. The fraction of sp³-hybridized carbons (Fsp3) is 0.528. The molecule has 69 heavy (non-hydrogen) atoms. The summed E-state index contributed by atoms with van der Waals surface area (Å²) < 4.78 is 25.7. The third-order valence-electron chi connectivity index (χ3n) is 11.5. The highest BCUT2D eigenvalue weighted by Crippen LogP contribution is 2.35. The van der Waals surface area contributed by atoms with Crippen molar-refractivity contribution in [1.29, 1.82) is 0 Å². The zero-order valence-electron chi connectivity index (χ0n) is 40.6. The van der Waals surface area contributed by atoms with Gasteiger partial charge in [-0.3, -0.25) is 4.79 Å². The minimum absolute atomic E-state index is 0.0270. The molecule has 0 aliphatic heterocycles. The van der Waals surface area contributed by atoms with E-state index in [-0.39, 0.29) is 25.9 Å². The first-order valence-corrected chi connectivity index (χ1v) is 27.5. The van der Waals surface area contributed by atoms with Crippen LogP contribution in [0.15, 0.2) is 72.8 Å². The van der Waals surface area contributed by atoms with Gasteiger partial charge in [0, 0.05) is 42.4 Å². The number of unbranched alkanes of at least 4 members (excludes halogenated alkanes) is 12. The van der Waals surface area contributed by atoms with Crippen LogP contribution in [0.3, 0.4) is 0 Å². The topological polar surface area (TPSA) is 172 Å². The van der Waals surface area contributed by atoms with E-state index in [1.54, 1.807) is 34.0 Å². The smallest absolute Gasteiger partial charge is 0.417 e. The van der Waals surface area contributed by atoms with Gasteiger partial charge in [0.1, 0.15) is 60.0 Å². The van der Waals surface area contributed by atoms with Crippen LogP contribution in [0.5, 0.6) is 17.2 Å². The van der Waals surface area contributed by atoms with Crippen LogP contribution in [-0.2, 0) is 28.8 Å². The zero-order chi connectivity index (χ0) is 48.5. The molecule has 0 bridgehead atoms. The number of esters is 1. The number of benzene rings is 3. The lowest BCUT2D eigenvalue weighted by Crippen LogP contribution is -2.48. The maximum absolute atomic E-state index is 12.9. The van der Waals surface area contributed by atoms with Gasteiger partial charge in [0.25, 0.3) is 0 Å². The van der Waals surface area contributed by atoms with Gasteiger partial charge >= 0.3 is 11.9 Å². The van der Waals surface area contributed by atoms with Crippen LogP contribution >= 0.6 is 34.0 Å². The summed E-state index contributed by atoms with van der Waals surface area (Å²) in [6.45, 7) is 5.84. The van der Waals surface area contributed by atoms with E-state index in [0.717, 1.165) is 85.3 Å². The predicted octanol–water partition coefficient (Wildman–Crippen LogP) is 13.0. The second kappa shape index (κ2) is 29.3. The predicted molar refractivity (Wildman–Crippen MR) is 276 cm³/mol. The molecule has 6 aromatic rings. The Morgan fingerprint density at radius 3 is 1.19 bits per heavy atom. The van der Waals surface area contributed by atoms with Gasteiger partial charge < -0.3 is 29.2 Å². The molecular formula is C53H70N6O7S3. The molecule has 6 rings (SSSR count). The molecule has 0 fully saturated rings. The number of hydrogen-bond acceptors (Lipinski definition) is 16. The number of aliphatic hydroxyl groups excluding tert-OH is 2. The summed E-state index contributed by atoms with van der Waals surface area (Å²) in [5.74, 6) is -0.929. The van der Waals surface area contributed by atoms with Crippen LogP contribution in [0.2, 0.25) is 0 Å². The summed E-state index contributed by atoms with van der Waals surface area (Å²) in [6.07, 6.45) is 19.9. The van der Waals surface area contributed by atoms with Gasteiger partial charge in [-0.2, -0.15) is 0 Å². The Labute approximate surface area is 420 Å². The zero-order valence-corrected chi connectivity index (χ0v) is 43.1. The third-order valence-corrected chi connectivity index (χ3v) is 14.6. The lowest BCUT2D eigenvalue weighted by Gasteiger charge is -2.34. The molecule has 16 heteroatoms. The Morgan fingerprint density at radius 2 is 0.855 bits per heavy atom. The number of aryl methyl sites for hydroxylation is 3. The fourth-order valence-electron chi connectivity index (χ4n) is 7.57. The number of aromatic nitrogens is 6. The molecule has 1 atom stereocenters. The second-order valence-electron chi connectivity index (χ2n) is 17.4. The summed E-state index contributed by atoms with van der Waals surface area (Å²) in [7, 11) is 0. The van der Waals surface area contributed by atoms with Gasteiger partial charge in [0.2, 0.25) is 0 Å². The van der Waals surface area contributed by atoms with Crippen molar-refractivity contribution in [3.8, 4) is 49.0 Å². The van der Waals surface area contributed by atoms with Crippen LogP contribution in [0.1, 0.15) is 151 Å². The average molecular weight is 999 g/mol. The lowest BCUT2D eigenvalue weighted by atomic mass is 10.1. The second-order valence-corrected chi connectivity index (χ2v) is 20.6. The van der Waals surface area contributed by atoms with E-state index in [0.29, 0.717) is 17.2 Å². The van der Waals surface area contributed by atoms with Crippen LogP contribution in [-0.4, -0.2) is 72.1 Å². The maximum Gasteiger partial charge on any atom is 0.417 e. The average Bonchev–Trinajstić information content (AvgIpc) is 4.17. The first-order chi connectivity index (χ1) is 33.8. The molecule has 0 aliphatic carbocycles. The molecule has 3 aromatic carbocycles. The minimum Gasteiger partial charge on any atom is -0.463 e. The first kappa shape index (κ1) is 53.5. The molecule has 0 spiro atoms. The monoisotopic (exact) mass is 998 g/mol. The van der Waals surface area contributed by atoms with E-state index in [1.807, 2.05) is 72.8 Å². The number of rotatable bonds is 34. The number of hydrogen-bond donors (Lipinski definition) is 2. The van der Waals surface area contributed by atoms with Gasteiger partial charge in [-0.1, -0.05) is 132 Å². The highest BCUT2D eigenvalue weighted by Gasteiger charge is 2.39. The number of carbonyl (C=O) groups excluding carboxylic acids is 1. The van der Waals surface area contributed by atoms with Crippen molar-refractivity contribution < 1.29 is 34.0 Å². The molecule has 0 radical (unpaired) electrons. The Bertz CT molecular complexity index is 2120. The van der Waals surface area contributed by atoms with Gasteiger partial charge in [0.05, 0.1) is 13.0 Å². The van der Waals surface area contributed by atoms with E-state index in [4.69, 9.17) is 18.9 Å². The lowest BCUT2D eigenvalue weighted by molar-refractivity contribution is -0.257. The van der Waals surface area contributed by atoms with Gasteiger partial charge in [0.15, 0.2) is 0 Å². The summed E-state index contributed by atoms with van der Waals surface area (Å²) in [4.78, 5) is 12.9. The summed E-state index contributed by atoms with van der Waals surface area (Å²) >= 11 is 4.82. The van der Waals surface area contributed by atoms with Gasteiger partial charge in [-0.05, 0) is 98.5 Å². The van der Waals surface area contributed by atoms with Crippen molar-refractivity contribution >= 4 is 40.0 Å². The van der Waals surface area contributed by atoms with Crippen LogP contribution in [0, 0.1) is 0 Å². The van der Waals surface area contributed by atoms with Crippen LogP contribution in [0.25, 0.3) is 31.7 Å². The molecule has 2 N–H and O–H groups in total. The molecular weight excluding hydrogens is 929 g/mol. The molecule has 13 nitrogen and oxygen atoms in total. The molecule has 0 saturated carbocycles. The fourth-order valence-corrected chi connectivity index (χ4v) is 10.2. The van der Waals surface area contributed by atoms with E-state index in [2.05, 4.69) is 51.4 Å². The Morgan fingerprint density at radius 1 is 0.507 bits per heavy atom. The number of carbonyl (C=O) groups is 1. The Balaban J connectivity index is 1.25. The maximum atomic E-state index is 12.9. The molecule has 0 amide bonds. The van der Waals surface area contributed by atoms with Crippen molar-refractivity contribution in [2.75, 3.05) is 13.2 Å². The van der Waals surface area contributed by atoms with E-state index in [1.165, 1.54) is 77.0 Å². The first-order valence-electron chi connectivity index (χ1n) is 25.1. The van der Waals surface area contributed by atoms with Crippen molar-refractivity contribution in [3.63, 3.8) is 0 Å². The quantitative estimate of drug-likeness (QED) is 0.0222. The summed E-state index contributed by atoms with van der Waals surface area (Å²) in [5, 5.41) is 51.6. The summed E-state index contributed by atoms with van der Waals surface area (Å²) in [6, 6.07) is 22.8. The SMILES string of the molecule is CCCCCCCc1nnc(-c2ccc(OC(CCCC(=O)OCC(O)CO)(Oc3ccc(-c4nnc(CCCCCCC)s4)cc3)Oc3ccc(-c4nnc(CCCCCCC)s4)cc3)cc2)s1. The largest absolute Gasteiger partial charge is 0.463 e. The van der Waals surface area contributed by atoms with Crippen molar-refractivity contribution in [1.82, 2.24) is 30.6 Å². The third kappa shape index (κ3) is 18.1. The van der Waals surface area contributed by atoms with Crippen molar-refractivity contribution in [3.05, 3.63) is 87.8 Å². The standard InChI is InChI=1S/C53H70N6O7S3/c1-4-7-10-13-16-20-46-54-57-50(67-46)39-24-30-43(31-25-39)64-53(36-19-23-49(62)63-38-42(61)37-60,65-44-32-26-40(27-33-44)51-58-55-47(68-51)21-17-14-11-8-5-2)66-45-34-28-41(29-35-45)52-59-56-48(69-52)22-18-15-12-9-6-3/h24-35,42,60-61H,4-23,36-38H2,1-3H3. The highest BCUT2D eigenvalue weighted by molar-refractivity contribution is 7.15. The molecule has 3 aromatic heterocycles.